The standard InChI is InChI=1S/C40H56N2O10/c1-25-29-17-15-27(13-11-19-39(3)33(51-39)31(29)49-35(25)43)23-47-37(45)41-21-9-7-5-6-8-10-22-42-38(46)48-24-28-14-12-20-40(4)34(52-40)32-30(18-16-28)26(2)36(44)50-32/h13-14,29-34H,1-2,5-12,15-24H2,3-4H3,(H,41,45)(H,42,46)/b27-13+,28-14+/t29-,30-,31-,32-,33-,34-,39+,40+/m0/s1. The van der Waals surface area contributed by atoms with Crippen molar-refractivity contribution in [2.24, 2.45) is 11.8 Å². The van der Waals surface area contributed by atoms with Gasteiger partial charge in [0.05, 0.1) is 11.2 Å². The minimum Gasteiger partial charge on any atom is -0.455 e. The zero-order valence-electron chi connectivity index (χ0n) is 30.8. The Morgan fingerprint density at radius 3 is 1.54 bits per heavy atom. The second-order valence-corrected chi connectivity index (χ2v) is 15.7. The van der Waals surface area contributed by atoms with Crippen molar-refractivity contribution in [1.29, 1.82) is 0 Å². The lowest BCUT2D eigenvalue weighted by Gasteiger charge is -2.20. The van der Waals surface area contributed by atoms with Crippen LogP contribution in [-0.2, 0) is 38.0 Å². The van der Waals surface area contributed by atoms with Crippen LogP contribution in [-0.4, -0.2) is 86.0 Å². The molecule has 0 aromatic carbocycles. The Morgan fingerprint density at radius 2 is 1.12 bits per heavy atom. The third-order valence-corrected chi connectivity index (χ3v) is 11.8. The monoisotopic (exact) mass is 724 g/mol. The largest absolute Gasteiger partial charge is 0.455 e. The molecule has 12 nitrogen and oxygen atoms in total. The van der Waals surface area contributed by atoms with Gasteiger partial charge in [-0.1, -0.05) is 51.0 Å². The van der Waals surface area contributed by atoms with Crippen LogP contribution in [0.2, 0.25) is 0 Å². The minimum atomic E-state index is -0.424. The number of carbonyl (C=O) groups excluding carboxylic acids is 4. The van der Waals surface area contributed by atoms with Crippen LogP contribution in [0.25, 0.3) is 0 Å². The summed E-state index contributed by atoms with van der Waals surface area (Å²) >= 11 is 0. The molecule has 286 valence electrons. The molecule has 4 fully saturated rings. The van der Waals surface area contributed by atoms with Crippen molar-refractivity contribution in [3.8, 4) is 0 Å². The summed E-state index contributed by atoms with van der Waals surface area (Å²) in [6.45, 7) is 13.6. The van der Waals surface area contributed by atoms with Crippen molar-refractivity contribution in [2.75, 3.05) is 26.3 Å². The van der Waals surface area contributed by atoms with Gasteiger partial charge in [0.25, 0.3) is 0 Å². The zero-order valence-corrected chi connectivity index (χ0v) is 30.8. The molecule has 4 saturated heterocycles. The van der Waals surface area contributed by atoms with Gasteiger partial charge in [-0.3, -0.25) is 0 Å². The van der Waals surface area contributed by atoms with Gasteiger partial charge in [0.1, 0.15) is 37.6 Å². The molecule has 0 radical (unpaired) electrons. The third-order valence-electron chi connectivity index (χ3n) is 11.8. The van der Waals surface area contributed by atoms with Crippen LogP contribution in [0.3, 0.4) is 0 Å². The van der Waals surface area contributed by atoms with E-state index in [0.717, 1.165) is 75.4 Å². The van der Waals surface area contributed by atoms with Crippen LogP contribution in [0.4, 0.5) is 9.59 Å². The van der Waals surface area contributed by atoms with Crippen molar-refractivity contribution >= 4 is 24.1 Å². The minimum absolute atomic E-state index is 0.0769. The van der Waals surface area contributed by atoms with Gasteiger partial charge in [0.2, 0.25) is 0 Å². The molecule has 0 aromatic rings. The van der Waals surface area contributed by atoms with Crippen molar-refractivity contribution in [2.45, 2.75) is 139 Å². The predicted molar refractivity (Wildman–Crippen MR) is 191 cm³/mol. The number of rotatable bonds is 13. The SMILES string of the molecule is C=C1C(=O)O[C@H]2[C@H]1CC/C(COC(=O)NCCCCCCCCNC(=O)OC/C1=C/CC[C@@]3(C)O[C@H]3[C@H]3OC(=O)C(=C)[C@@H]3CC1)=C\CC[C@@]1(C)O[C@@H]21. The van der Waals surface area contributed by atoms with Gasteiger partial charge in [-0.2, -0.15) is 0 Å². The first kappa shape index (κ1) is 38.1. The number of ether oxygens (including phenoxy) is 6. The average molecular weight is 725 g/mol. The number of carbonyl (C=O) groups is 4. The Morgan fingerprint density at radius 1 is 0.712 bits per heavy atom. The fourth-order valence-electron chi connectivity index (χ4n) is 8.26. The van der Waals surface area contributed by atoms with Crippen LogP contribution < -0.4 is 10.6 Å². The quantitative estimate of drug-likeness (QED) is 0.0553. The number of esters is 2. The summed E-state index contributed by atoms with van der Waals surface area (Å²) in [4.78, 5) is 49.1. The molecule has 0 saturated carbocycles. The highest BCUT2D eigenvalue weighted by atomic mass is 16.7. The van der Waals surface area contributed by atoms with Gasteiger partial charge in [-0.05, 0) is 89.2 Å². The number of hydrogen-bond acceptors (Lipinski definition) is 10. The number of hydrogen-bond donors (Lipinski definition) is 2. The number of unbranched alkanes of at least 4 members (excludes halogenated alkanes) is 5. The van der Waals surface area contributed by atoms with Crippen molar-refractivity contribution in [3.63, 3.8) is 0 Å². The second-order valence-electron chi connectivity index (χ2n) is 15.7. The number of amides is 2. The van der Waals surface area contributed by atoms with E-state index in [9.17, 15) is 19.2 Å². The van der Waals surface area contributed by atoms with E-state index in [2.05, 4.69) is 49.8 Å². The van der Waals surface area contributed by atoms with Gasteiger partial charge in [0, 0.05) is 36.1 Å². The maximum atomic E-state index is 12.4. The summed E-state index contributed by atoms with van der Waals surface area (Å²) in [5.41, 5.74) is 2.50. The van der Waals surface area contributed by atoms with Crippen LogP contribution in [0, 0.1) is 11.8 Å². The molecule has 0 unspecified atom stereocenters. The highest BCUT2D eigenvalue weighted by Crippen LogP contribution is 2.51. The van der Waals surface area contributed by atoms with Gasteiger partial charge in [-0.25, -0.2) is 19.2 Å². The molecule has 4 heterocycles. The van der Waals surface area contributed by atoms with Gasteiger partial charge < -0.3 is 39.1 Å². The lowest BCUT2D eigenvalue weighted by Crippen LogP contribution is -2.29. The van der Waals surface area contributed by atoms with Crippen molar-refractivity contribution < 1.29 is 47.6 Å². The maximum absolute atomic E-state index is 12.4. The molecule has 6 rings (SSSR count). The maximum Gasteiger partial charge on any atom is 0.407 e. The van der Waals surface area contributed by atoms with Crippen molar-refractivity contribution in [3.05, 3.63) is 47.6 Å². The molecule has 2 aliphatic carbocycles. The molecule has 2 N–H and O–H groups in total. The van der Waals surface area contributed by atoms with Crippen LogP contribution in [0.1, 0.15) is 104 Å². The Hall–Kier alpha value is -3.64. The molecule has 8 atom stereocenters. The van der Waals surface area contributed by atoms with Crippen molar-refractivity contribution in [1.82, 2.24) is 10.6 Å². The number of alkyl carbamates (subject to hydrolysis) is 2. The summed E-state index contributed by atoms with van der Waals surface area (Å²) in [6, 6.07) is 0. The van der Waals surface area contributed by atoms with E-state index in [1.54, 1.807) is 0 Å². The lowest BCUT2D eigenvalue weighted by molar-refractivity contribution is -0.140. The first-order valence-electron chi connectivity index (χ1n) is 19.3. The van der Waals surface area contributed by atoms with Crippen LogP contribution in [0.5, 0.6) is 0 Å². The molecule has 52 heavy (non-hydrogen) atoms. The first-order valence-corrected chi connectivity index (χ1v) is 19.3. The third kappa shape index (κ3) is 9.28. The van der Waals surface area contributed by atoms with E-state index in [1.165, 1.54) is 0 Å². The summed E-state index contributed by atoms with van der Waals surface area (Å²) in [5, 5.41) is 5.70. The first-order chi connectivity index (χ1) is 25.0. The average Bonchev–Trinajstić information content (AvgIpc) is 3.93. The molecule has 4 aliphatic heterocycles. The molecular formula is C40H56N2O10. The summed E-state index contributed by atoms with van der Waals surface area (Å²) in [6.07, 6.45) is 14.6. The van der Waals surface area contributed by atoms with E-state index in [0.29, 0.717) is 49.9 Å². The highest BCUT2D eigenvalue weighted by Gasteiger charge is 2.62. The van der Waals surface area contributed by atoms with Gasteiger partial charge in [0.15, 0.2) is 0 Å². The second kappa shape index (κ2) is 16.6. The van der Waals surface area contributed by atoms with E-state index >= 15 is 0 Å². The Labute approximate surface area is 307 Å². The van der Waals surface area contributed by atoms with E-state index in [4.69, 9.17) is 28.4 Å². The number of fused-ring (bicyclic) bond motifs is 6. The zero-order chi connectivity index (χ0) is 36.9. The van der Waals surface area contributed by atoms with Gasteiger partial charge in [-0.15, -0.1) is 0 Å². The molecule has 6 aliphatic rings. The Balaban J connectivity index is 0.779. The summed E-state index contributed by atoms with van der Waals surface area (Å²) < 4.78 is 34.2. The van der Waals surface area contributed by atoms with E-state index in [-0.39, 0.29) is 72.6 Å². The molecule has 12 heteroatoms. The predicted octanol–water partition coefficient (Wildman–Crippen LogP) is 6.29. The summed E-state index contributed by atoms with van der Waals surface area (Å²) in [7, 11) is 0. The number of allylic oxidation sites excluding steroid dienone is 2. The van der Waals surface area contributed by atoms with Crippen LogP contribution >= 0.6 is 0 Å². The topological polar surface area (TPSA) is 154 Å². The molecular weight excluding hydrogens is 668 g/mol. The van der Waals surface area contributed by atoms with Crippen LogP contribution in [0.15, 0.2) is 47.6 Å². The molecule has 0 spiro atoms. The normalized spacial score (nSPS) is 35.8. The van der Waals surface area contributed by atoms with Gasteiger partial charge >= 0.3 is 24.1 Å². The Kier molecular flexibility index (Phi) is 12.1. The lowest BCUT2D eigenvalue weighted by atomic mass is 9.84. The fraction of sp³-hybridized carbons (Fsp3) is 0.700. The number of epoxide rings is 2. The number of nitrogens with one attached hydrogen (secondary N) is 2. The van der Waals surface area contributed by atoms with E-state index in [1.807, 2.05) is 0 Å². The molecule has 0 bridgehead atoms. The molecule has 0 aromatic heterocycles. The smallest absolute Gasteiger partial charge is 0.407 e. The fourth-order valence-corrected chi connectivity index (χ4v) is 8.26. The summed E-state index contributed by atoms with van der Waals surface area (Å²) in [5.74, 6) is -0.834. The van der Waals surface area contributed by atoms with E-state index < -0.39 is 12.2 Å². The highest BCUT2D eigenvalue weighted by molar-refractivity contribution is 5.91. The molecule has 2 amide bonds. The Bertz CT molecular complexity index is 1360.